The van der Waals surface area contributed by atoms with Crippen LogP contribution in [0.4, 0.5) is 0 Å². The maximum Gasteiger partial charge on any atom is -0.172 e. The van der Waals surface area contributed by atoms with Crippen LogP contribution in [0.2, 0.25) is 0 Å². The van der Waals surface area contributed by atoms with Crippen LogP contribution in [0.3, 0.4) is 0 Å². The predicted octanol–water partition coefficient (Wildman–Crippen LogP) is 0.148. The zero-order chi connectivity index (χ0) is 20.9. The Hall–Kier alpha value is -0.543. The quantitative estimate of drug-likeness (QED) is 0.194. The van der Waals surface area contributed by atoms with Crippen molar-refractivity contribution in [1.29, 1.82) is 0 Å². The Kier molecular flexibility index (Phi) is 12.3. The monoisotopic (exact) mass is 622 g/mol. The standard InChI is InChI=1S/C21H25.C5H5.2ClH.Hf.H2Si/c1-20(2,3)16-9-7-14-11-15-8-10-17(21(4,5)6)13-19(15)18(14)12-16;1-2-4-5-3-1;;;;/h7,9-10,12-13H,11H2,1-6H3;1-5H;2*1H;;1H2/q2*-1;;;+2;/p-2. The van der Waals surface area contributed by atoms with E-state index in [1.165, 1.54) is 56.4 Å². The molecule has 0 N–H and O–H groups in total. The van der Waals surface area contributed by atoms with E-state index < -0.39 is 0 Å². The van der Waals surface area contributed by atoms with Crippen molar-refractivity contribution in [3.63, 3.8) is 0 Å². The second kappa shape index (κ2) is 12.5. The van der Waals surface area contributed by atoms with Gasteiger partial charge in [-0.1, -0.05) is 76.3 Å². The van der Waals surface area contributed by atoms with Crippen LogP contribution in [-0.2, 0) is 40.3 Å². The van der Waals surface area contributed by atoms with Crippen LogP contribution in [0.1, 0.15) is 63.8 Å². The summed E-state index contributed by atoms with van der Waals surface area (Å²) in [5.74, 6) is 0. The van der Waals surface area contributed by atoms with Crippen LogP contribution in [-0.4, -0.2) is 6.94 Å². The van der Waals surface area contributed by atoms with Crippen molar-refractivity contribution in [3.8, 4) is 11.1 Å². The van der Waals surface area contributed by atoms with Gasteiger partial charge < -0.3 is 24.8 Å². The van der Waals surface area contributed by atoms with Crippen molar-refractivity contribution >= 4 is 6.94 Å². The summed E-state index contributed by atoms with van der Waals surface area (Å²) >= 11 is 1.33. The fraction of sp³-hybridized carbons (Fsp3) is 0.346. The van der Waals surface area contributed by atoms with Crippen LogP contribution < -0.4 is 24.8 Å². The molecular weight excluding hydrogens is 590 g/mol. The summed E-state index contributed by atoms with van der Waals surface area (Å²) in [6.45, 7) is 15.6. The van der Waals surface area contributed by atoms with Gasteiger partial charge in [0.05, 0.1) is 0 Å². The molecule has 4 heteroatoms. The molecular formula is C26H32Cl2HfSi-2. The molecule has 0 unspecified atom stereocenters. The normalized spacial score (nSPS) is 11.3. The van der Waals surface area contributed by atoms with Gasteiger partial charge in [-0.05, 0) is 17.4 Å². The van der Waals surface area contributed by atoms with Gasteiger partial charge in [-0.25, -0.2) is 12.1 Å². The van der Waals surface area contributed by atoms with E-state index in [9.17, 15) is 0 Å². The minimum absolute atomic E-state index is 0. The van der Waals surface area contributed by atoms with Crippen molar-refractivity contribution < 1.29 is 47.8 Å². The van der Waals surface area contributed by atoms with Gasteiger partial charge in [-0.2, -0.15) is 47.5 Å². The van der Waals surface area contributed by atoms with Gasteiger partial charge in [0.25, 0.3) is 0 Å². The van der Waals surface area contributed by atoms with Gasteiger partial charge in [-0.15, -0.1) is 5.56 Å². The number of fused-ring (bicyclic) bond motifs is 3. The van der Waals surface area contributed by atoms with Crippen LogP contribution in [0, 0.1) is 6.07 Å². The molecule has 1 aliphatic carbocycles. The second-order valence-electron chi connectivity index (χ2n) is 9.29. The first-order chi connectivity index (χ1) is 13.2. The van der Waals surface area contributed by atoms with Crippen LogP contribution in [0.25, 0.3) is 11.1 Å². The largest absolute Gasteiger partial charge is 0.214 e. The van der Waals surface area contributed by atoms with Crippen molar-refractivity contribution in [3.05, 3.63) is 89.0 Å². The first kappa shape index (κ1) is 29.5. The number of hydrogen-bond donors (Lipinski definition) is 0. The summed E-state index contributed by atoms with van der Waals surface area (Å²) < 4.78 is 0. The first-order valence-electron chi connectivity index (χ1n) is 9.87. The number of halogens is 2. The molecule has 160 valence electrons. The molecule has 0 aromatic heterocycles. The maximum atomic E-state index is 3.53. The van der Waals surface area contributed by atoms with E-state index in [2.05, 4.69) is 77.9 Å². The zero-order valence-corrected chi connectivity index (χ0v) is 25.5. The molecule has 0 radical (unpaired) electrons. The Bertz CT molecular complexity index is 825. The summed E-state index contributed by atoms with van der Waals surface area (Å²) in [5.41, 5.74) is 8.76. The van der Waals surface area contributed by atoms with Gasteiger partial charge in [0.2, 0.25) is 0 Å². The van der Waals surface area contributed by atoms with E-state index >= 15 is 0 Å². The summed E-state index contributed by atoms with van der Waals surface area (Å²) in [4.78, 5) is 0. The Labute approximate surface area is 212 Å². The molecule has 3 aromatic rings. The minimum atomic E-state index is 0. The number of rotatable bonds is 0. The Morgan fingerprint density at radius 1 is 0.833 bits per heavy atom. The molecule has 0 aliphatic heterocycles. The van der Waals surface area contributed by atoms with Gasteiger partial charge in [0.15, 0.2) is 0 Å². The van der Waals surface area contributed by atoms with E-state index in [-0.39, 0.29) is 35.6 Å². The number of benzene rings is 2. The molecule has 0 fully saturated rings. The van der Waals surface area contributed by atoms with Gasteiger partial charge in [0, 0.05) is 0 Å². The Morgan fingerprint density at radius 3 is 1.83 bits per heavy atom. The van der Waals surface area contributed by atoms with Crippen LogP contribution >= 0.6 is 0 Å². The smallest absolute Gasteiger partial charge is 0.172 e. The topological polar surface area (TPSA) is 0 Å². The zero-order valence-electron chi connectivity index (χ0n) is 18.9. The summed E-state index contributed by atoms with van der Waals surface area (Å²) in [6.07, 6.45) is 1.03. The van der Waals surface area contributed by atoms with Gasteiger partial charge in [0.1, 0.15) is 0 Å². The molecule has 0 nitrogen and oxygen atoms in total. The first-order valence-corrected chi connectivity index (χ1v) is 18.2. The second-order valence-corrected chi connectivity index (χ2v) is 9.29. The Morgan fingerprint density at radius 2 is 1.37 bits per heavy atom. The number of hydrogen-bond acceptors (Lipinski definition) is 0. The average Bonchev–Trinajstić information content (AvgIpc) is 3.32. The summed E-state index contributed by atoms with van der Waals surface area (Å²) in [5, 5.41) is 0. The average molecular weight is 622 g/mol. The predicted molar refractivity (Wildman–Crippen MR) is 121 cm³/mol. The third-order valence-electron chi connectivity index (χ3n) is 5.08. The molecule has 0 saturated heterocycles. The van der Waals surface area contributed by atoms with E-state index in [1.807, 2.05) is 37.3 Å². The third-order valence-corrected chi connectivity index (χ3v) is 5.08. The molecule has 30 heavy (non-hydrogen) atoms. The van der Waals surface area contributed by atoms with Gasteiger partial charge >= 0.3 is 29.9 Å². The molecule has 1 aliphatic rings. The van der Waals surface area contributed by atoms with E-state index in [4.69, 9.17) is 0 Å². The van der Waals surface area contributed by atoms with Gasteiger partial charge in [-0.3, -0.25) is 0 Å². The molecule has 4 rings (SSSR count). The van der Waals surface area contributed by atoms with E-state index in [0.29, 0.717) is 0 Å². The maximum absolute atomic E-state index is 3.53. The molecule has 0 bridgehead atoms. The minimum Gasteiger partial charge on any atom is -0.214 e. The van der Waals surface area contributed by atoms with Crippen molar-refractivity contribution in [2.75, 3.05) is 0 Å². The third kappa shape index (κ3) is 7.55. The van der Waals surface area contributed by atoms with Crippen LogP contribution in [0.5, 0.6) is 0 Å². The molecule has 3 aromatic carbocycles. The van der Waals surface area contributed by atoms with Crippen molar-refractivity contribution in [1.82, 2.24) is 0 Å². The van der Waals surface area contributed by atoms with Crippen molar-refractivity contribution in [2.45, 2.75) is 58.8 Å². The van der Waals surface area contributed by atoms with E-state index in [0.717, 1.165) is 6.42 Å². The van der Waals surface area contributed by atoms with Crippen molar-refractivity contribution in [2.24, 2.45) is 0 Å². The Balaban J connectivity index is 0.000000809. The summed E-state index contributed by atoms with van der Waals surface area (Å²) in [6, 6.07) is 25.1. The fourth-order valence-corrected chi connectivity index (χ4v) is 3.31. The van der Waals surface area contributed by atoms with E-state index in [1.54, 1.807) is 0 Å². The molecule has 0 heterocycles. The van der Waals surface area contributed by atoms with Crippen LogP contribution in [0.15, 0.2) is 60.7 Å². The fourth-order valence-electron chi connectivity index (χ4n) is 3.31. The molecule has 0 saturated carbocycles. The molecule has 0 amide bonds. The molecule has 0 spiro atoms. The summed E-state index contributed by atoms with van der Waals surface area (Å²) in [7, 11) is 0. The molecule has 0 atom stereocenters. The SMILES string of the molecule is CC(C)(C)c1c[c-]c2c(c1)-c1cc(C(C)(C)C)ccc1C2.[Cl-].[Cl-].[SiH2]=[Hf+2].c1cc[cH-]c1.